The average Bonchev–Trinajstić information content (AvgIpc) is 3.19. The maximum Gasteiger partial charge on any atom is 0.224 e. The van der Waals surface area contributed by atoms with Crippen LogP contribution in [0.1, 0.15) is 32.6 Å². The van der Waals surface area contributed by atoms with Crippen molar-refractivity contribution >= 4 is 28.1 Å². The summed E-state index contributed by atoms with van der Waals surface area (Å²) >= 11 is 1.71. The molecule has 22 heavy (non-hydrogen) atoms. The molecule has 1 saturated heterocycles. The molecule has 1 amide bonds. The van der Waals surface area contributed by atoms with Gasteiger partial charge in [-0.15, -0.1) is 11.3 Å². The minimum atomic E-state index is 0.0697. The van der Waals surface area contributed by atoms with Gasteiger partial charge in [-0.25, -0.2) is 4.98 Å². The van der Waals surface area contributed by atoms with Gasteiger partial charge in [0.05, 0.1) is 5.69 Å². The van der Waals surface area contributed by atoms with Crippen LogP contribution in [0.5, 0.6) is 0 Å². The molecule has 1 aromatic carbocycles. The summed E-state index contributed by atoms with van der Waals surface area (Å²) in [7, 11) is 0. The number of carbonyl (C=O) groups is 1. The summed E-state index contributed by atoms with van der Waals surface area (Å²) in [6.45, 7) is 4.24. The largest absolute Gasteiger partial charge is 0.348 e. The molecule has 1 fully saturated rings. The Balaban J connectivity index is 1.68. The van der Waals surface area contributed by atoms with Gasteiger partial charge >= 0.3 is 0 Å². The van der Waals surface area contributed by atoms with E-state index in [0.29, 0.717) is 6.42 Å². The molecule has 1 aliphatic heterocycles. The zero-order chi connectivity index (χ0) is 15.4. The highest BCUT2D eigenvalue weighted by molar-refractivity contribution is 7.14. The molecule has 2 heterocycles. The van der Waals surface area contributed by atoms with Crippen molar-refractivity contribution in [1.82, 2.24) is 4.98 Å². The van der Waals surface area contributed by atoms with Gasteiger partial charge in [-0.3, -0.25) is 4.79 Å². The molecule has 2 aromatic rings. The second kappa shape index (κ2) is 6.92. The molecule has 0 saturated carbocycles. The van der Waals surface area contributed by atoms with Crippen molar-refractivity contribution in [2.75, 3.05) is 23.3 Å². The van der Waals surface area contributed by atoms with Crippen LogP contribution in [0.4, 0.5) is 10.8 Å². The monoisotopic (exact) mass is 315 g/mol. The van der Waals surface area contributed by atoms with Crippen LogP contribution in [0.25, 0.3) is 11.3 Å². The standard InChI is InChI=1S/C17H21N3OS/c1-2-5-16(21)18-14-8-6-13(7-9-14)15-12-22-17(19-15)20-10-3-4-11-20/h6-9,12H,2-5,10-11H2,1H3,(H,18,21). The highest BCUT2D eigenvalue weighted by Gasteiger charge is 2.16. The van der Waals surface area contributed by atoms with Gasteiger partial charge in [0, 0.05) is 36.1 Å². The van der Waals surface area contributed by atoms with Crippen molar-refractivity contribution in [2.45, 2.75) is 32.6 Å². The minimum Gasteiger partial charge on any atom is -0.348 e. The van der Waals surface area contributed by atoms with Crippen molar-refractivity contribution in [3.8, 4) is 11.3 Å². The summed E-state index contributed by atoms with van der Waals surface area (Å²) in [4.78, 5) is 18.7. The Morgan fingerprint density at radius 1 is 1.27 bits per heavy atom. The van der Waals surface area contributed by atoms with E-state index in [2.05, 4.69) is 15.6 Å². The van der Waals surface area contributed by atoms with Crippen LogP contribution in [-0.4, -0.2) is 24.0 Å². The van der Waals surface area contributed by atoms with Gasteiger partial charge in [-0.1, -0.05) is 19.1 Å². The van der Waals surface area contributed by atoms with E-state index in [1.807, 2.05) is 31.2 Å². The van der Waals surface area contributed by atoms with E-state index in [0.717, 1.165) is 41.6 Å². The fourth-order valence-corrected chi connectivity index (χ4v) is 3.51. The molecule has 116 valence electrons. The number of hydrogen-bond acceptors (Lipinski definition) is 4. The maximum absolute atomic E-state index is 11.6. The Morgan fingerprint density at radius 3 is 2.68 bits per heavy atom. The first-order chi connectivity index (χ1) is 10.8. The van der Waals surface area contributed by atoms with Gasteiger partial charge in [0.2, 0.25) is 5.91 Å². The second-order valence-corrected chi connectivity index (χ2v) is 6.42. The lowest BCUT2D eigenvalue weighted by atomic mass is 10.1. The van der Waals surface area contributed by atoms with Gasteiger partial charge in [-0.05, 0) is 31.4 Å². The number of rotatable bonds is 5. The van der Waals surface area contributed by atoms with Crippen LogP contribution < -0.4 is 10.2 Å². The van der Waals surface area contributed by atoms with Crippen LogP contribution in [0.3, 0.4) is 0 Å². The number of amides is 1. The molecule has 1 N–H and O–H groups in total. The summed E-state index contributed by atoms with van der Waals surface area (Å²) in [5.41, 5.74) is 2.95. The maximum atomic E-state index is 11.6. The zero-order valence-electron chi connectivity index (χ0n) is 12.8. The SMILES string of the molecule is CCCC(=O)Nc1ccc(-c2csc(N3CCCC3)n2)cc1. The molecule has 0 spiro atoms. The van der Waals surface area contributed by atoms with E-state index in [1.165, 1.54) is 12.8 Å². The van der Waals surface area contributed by atoms with Crippen molar-refractivity contribution in [3.63, 3.8) is 0 Å². The predicted molar refractivity (Wildman–Crippen MR) is 92.5 cm³/mol. The third-order valence-electron chi connectivity index (χ3n) is 3.81. The van der Waals surface area contributed by atoms with E-state index < -0.39 is 0 Å². The third kappa shape index (κ3) is 3.47. The third-order valence-corrected chi connectivity index (χ3v) is 4.71. The van der Waals surface area contributed by atoms with Gasteiger partial charge in [0.15, 0.2) is 5.13 Å². The van der Waals surface area contributed by atoms with Crippen LogP contribution in [-0.2, 0) is 4.79 Å². The first kappa shape index (κ1) is 15.0. The molecule has 0 unspecified atom stereocenters. The highest BCUT2D eigenvalue weighted by Crippen LogP contribution is 2.30. The van der Waals surface area contributed by atoms with Crippen molar-refractivity contribution < 1.29 is 4.79 Å². The van der Waals surface area contributed by atoms with E-state index in [4.69, 9.17) is 4.98 Å². The summed E-state index contributed by atoms with van der Waals surface area (Å²) < 4.78 is 0. The van der Waals surface area contributed by atoms with Gasteiger partial charge in [-0.2, -0.15) is 0 Å². The normalized spacial score (nSPS) is 14.3. The fourth-order valence-electron chi connectivity index (χ4n) is 2.63. The molecule has 4 nitrogen and oxygen atoms in total. The molecule has 0 aliphatic carbocycles. The summed E-state index contributed by atoms with van der Waals surface area (Å²) in [6.07, 6.45) is 3.96. The van der Waals surface area contributed by atoms with E-state index in [-0.39, 0.29) is 5.91 Å². The smallest absolute Gasteiger partial charge is 0.224 e. The molecular weight excluding hydrogens is 294 g/mol. The molecule has 1 aliphatic rings. The van der Waals surface area contributed by atoms with E-state index in [9.17, 15) is 4.79 Å². The lowest BCUT2D eigenvalue weighted by Gasteiger charge is -2.12. The Morgan fingerprint density at radius 2 is 2.00 bits per heavy atom. The second-order valence-electron chi connectivity index (χ2n) is 5.59. The lowest BCUT2D eigenvalue weighted by Crippen LogP contribution is -2.17. The summed E-state index contributed by atoms with van der Waals surface area (Å²) in [6, 6.07) is 7.92. The van der Waals surface area contributed by atoms with Crippen LogP contribution in [0, 0.1) is 0 Å². The number of benzene rings is 1. The Bertz CT molecular complexity index is 630. The molecule has 0 radical (unpaired) electrons. The van der Waals surface area contributed by atoms with Crippen LogP contribution >= 0.6 is 11.3 Å². The van der Waals surface area contributed by atoms with E-state index in [1.54, 1.807) is 11.3 Å². The number of hydrogen-bond donors (Lipinski definition) is 1. The Kier molecular flexibility index (Phi) is 4.73. The minimum absolute atomic E-state index is 0.0697. The predicted octanol–water partition coefficient (Wildman–Crippen LogP) is 4.15. The van der Waals surface area contributed by atoms with Crippen molar-refractivity contribution in [2.24, 2.45) is 0 Å². The van der Waals surface area contributed by atoms with E-state index >= 15 is 0 Å². The number of aromatic nitrogens is 1. The van der Waals surface area contributed by atoms with Crippen molar-refractivity contribution in [3.05, 3.63) is 29.6 Å². The van der Waals surface area contributed by atoms with Crippen molar-refractivity contribution in [1.29, 1.82) is 0 Å². The van der Waals surface area contributed by atoms with Gasteiger partial charge < -0.3 is 10.2 Å². The first-order valence-corrected chi connectivity index (χ1v) is 8.75. The fraction of sp³-hybridized carbons (Fsp3) is 0.412. The zero-order valence-corrected chi connectivity index (χ0v) is 13.7. The number of carbonyl (C=O) groups excluding carboxylic acids is 1. The molecular formula is C17H21N3OS. The molecule has 5 heteroatoms. The van der Waals surface area contributed by atoms with Crippen LogP contribution in [0.2, 0.25) is 0 Å². The Labute approximate surface area is 135 Å². The topological polar surface area (TPSA) is 45.2 Å². The summed E-state index contributed by atoms with van der Waals surface area (Å²) in [5, 5.41) is 6.13. The number of nitrogens with zero attached hydrogens (tertiary/aromatic N) is 2. The highest BCUT2D eigenvalue weighted by atomic mass is 32.1. The number of anilines is 2. The van der Waals surface area contributed by atoms with Gasteiger partial charge in [0.25, 0.3) is 0 Å². The molecule has 3 rings (SSSR count). The Hall–Kier alpha value is -1.88. The molecule has 1 aromatic heterocycles. The number of nitrogens with one attached hydrogen (secondary N) is 1. The summed E-state index contributed by atoms with van der Waals surface area (Å²) in [5.74, 6) is 0.0697. The van der Waals surface area contributed by atoms with Gasteiger partial charge in [0.1, 0.15) is 0 Å². The average molecular weight is 315 g/mol. The lowest BCUT2D eigenvalue weighted by molar-refractivity contribution is -0.116. The first-order valence-electron chi connectivity index (χ1n) is 7.87. The molecule has 0 atom stereocenters. The van der Waals surface area contributed by atoms with Crippen LogP contribution in [0.15, 0.2) is 29.6 Å². The molecule has 0 bridgehead atoms. The quantitative estimate of drug-likeness (QED) is 0.901. The number of thiazole rings is 1.